The Bertz CT molecular complexity index is 1490. The van der Waals surface area contributed by atoms with Gasteiger partial charge in [-0.15, -0.1) is 5.10 Å². The first kappa shape index (κ1) is 26.8. The Morgan fingerprint density at radius 3 is 2.49 bits per heavy atom. The molecule has 0 amide bonds. The standard InChI is InChI=1S/C30H29ClN4O3S/c1-19(2)38-28(36)26-20(3)32-29-33-30(39-18-21-9-5-4-6-10-21)34-35(29)27(26)22-13-15-24(16-14-22)37-17-23-11-7-8-12-25(23)31/h4-16,19,27H,17-18H2,1-3H3,(H,32,33,34). The van der Waals surface area contributed by atoms with Gasteiger partial charge in [-0.25, -0.2) is 9.48 Å². The van der Waals surface area contributed by atoms with Crippen LogP contribution in [0.1, 0.15) is 43.5 Å². The lowest BCUT2D eigenvalue weighted by Gasteiger charge is -2.28. The second-order valence-corrected chi connectivity index (χ2v) is 10.8. The molecule has 0 saturated heterocycles. The summed E-state index contributed by atoms with van der Waals surface area (Å²) in [4.78, 5) is 18.0. The monoisotopic (exact) mass is 560 g/mol. The quantitative estimate of drug-likeness (QED) is 0.174. The van der Waals surface area contributed by atoms with Crippen LogP contribution in [0.4, 0.5) is 5.95 Å². The van der Waals surface area contributed by atoms with Crippen LogP contribution >= 0.6 is 23.4 Å². The number of hydrogen-bond acceptors (Lipinski definition) is 7. The summed E-state index contributed by atoms with van der Waals surface area (Å²) in [6.07, 6.45) is -0.256. The fourth-order valence-corrected chi connectivity index (χ4v) is 5.26. The molecule has 1 unspecified atom stereocenters. The zero-order valence-corrected chi connectivity index (χ0v) is 23.5. The molecule has 4 aromatic rings. The van der Waals surface area contributed by atoms with Crippen molar-refractivity contribution in [2.24, 2.45) is 0 Å². The average Bonchev–Trinajstić information content (AvgIpc) is 3.33. The molecule has 7 nitrogen and oxygen atoms in total. The highest BCUT2D eigenvalue weighted by Gasteiger charge is 2.35. The SMILES string of the molecule is CC1=C(C(=O)OC(C)C)C(c2ccc(OCc3ccccc3Cl)cc2)n2nc(SCc3ccccc3)nc2N1. The molecular weight excluding hydrogens is 532 g/mol. The number of nitrogens with zero attached hydrogens (tertiary/aromatic N) is 3. The topological polar surface area (TPSA) is 78.3 Å². The van der Waals surface area contributed by atoms with E-state index in [1.54, 1.807) is 16.4 Å². The first-order valence-corrected chi connectivity index (χ1v) is 14.0. The molecule has 1 aromatic heterocycles. The Kier molecular flexibility index (Phi) is 8.24. The number of halogens is 1. The van der Waals surface area contributed by atoms with Gasteiger partial charge in [0.05, 0.1) is 11.7 Å². The number of anilines is 1. The van der Waals surface area contributed by atoms with Gasteiger partial charge in [0.1, 0.15) is 18.4 Å². The van der Waals surface area contributed by atoms with E-state index in [0.717, 1.165) is 16.9 Å². The molecule has 2 heterocycles. The van der Waals surface area contributed by atoms with Crippen molar-refractivity contribution in [2.75, 3.05) is 5.32 Å². The summed E-state index contributed by atoms with van der Waals surface area (Å²) in [7, 11) is 0. The number of carbonyl (C=O) groups excluding carboxylic acids is 1. The lowest BCUT2D eigenvalue weighted by atomic mass is 9.95. The van der Waals surface area contributed by atoms with E-state index in [2.05, 4.69) is 17.4 Å². The number of esters is 1. The second-order valence-electron chi connectivity index (χ2n) is 9.41. The number of aromatic nitrogens is 3. The van der Waals surface area contributed by atoms with E-state index in [4.69, 9.17) is 31.2 Å². The minimum absolute atomic E-state index is 0.256. The van der Waals surface area contributed by atoms with Crippen LogP contribution in [0.25, 0.3) is 0 Å². The molecule has 1 aliphatic rings. The second kappa shape index (κ2) is 12.0. The van der Waals surface area contributed by atoms with Crippen molar-refractivity contribution in [3.63, 3.8) is 0 Å². The highest BCUT2D eigenvalue weighted by molar-refractivity contribution is 7.98. The Morgan fingerprint density at radius 2 is 1.77 bits per heavy atom. The minimum atomic E-state index is -0.510. The van der Waals surface area contributed by atoms with Crippen LogP contribution in [-0.2, 0) is 21.9 Å². The molecule has 1 aliphatic heterocycles. The number of fused-ring (bicyclic) bond motifs is 1. The van der Waals surface area contributed by atoms with Gasteiger partial charge in [-0.05, 0) is 50.1 Å². The van der Waals surface area contributed by atoms with E-state index in [1.807, 2.05) is 87.5 Å². The summed E-state index contributed by atoms with van der Waals surface area (Å²) in [6.45, 7) is 5.89. The third-order valence-electron chi connectivity index (χ3n) is 6.15. The highest BCUT2D eigenvalue weighted by atomic mass is 35.5. The molecule has 0 radical (unpaired) electrons. The maximum atomic E-state index is 13.3. The minimum Gasteiger partial charge on any atom is -0.489 e. The summed E-state index contributed by atoms with van der Waals surface area (Å²) in [5.74, 6) is 1.62. The number of allylic oxidation sites excluding steroid dienone is 1. The van der Waals surface area contributed by atoms with Gasteiger partial charge >= 0.3 is 5.97 Å². The maximum absolute atomic E-state index is 13.3. The summed E-state index contributed by atoms with van der Waals surface area (Å²) in [5.41, 5.74) is 4.13. The number of ether oxygens (including phenoxy) is 2. The van der Waals surface area contributed by atoms with Gasteiger partial charge < -0.3 is 14.8 Å². The first-order valence-electron chi connectivity index (χ1n) is 12.7. The molecule has 0 spiro atoms. The lowest BCUT2D eigenvalue weighted by molar-refractivity contribution is -0.143. The van der Waals surface area contributed by atoms with Crippen molar-refractivity contribution in [1.82, 2.24) is 14.8 Å². The summed E-state index contributed by atoms with van der Waals surface area (Å²) in [6, 6.07) is 24.9. The fourth-order valence-electron chi connectivity index (χ4n) is 4.29. The van der Waals surface area contributed by atoms with E-state index in [9.17, 15) is 4.79 Å². The highest BCUT2D eigenvalue weighted by Crippen LogP contribution is 2.37. The Morgan fingerprint density at radius 1 is 1.05 bits per heavy atom. The van der Waals surface area contributed by atoms with Crippen LogP contribution in [0.2, 0.25) is 5.02 Å². The normalized spacial score (nSPS) is 14.6. The van der Waals surface area contributed by atoms with Gasteiger partial charge in [-0.2, -0.15) is 4.98 Å². The summed E-state index contributed by atoms with van der Waals surface area (Å²) >= 11 is 7.81. The maximum Gasteiger partial charge on any atom is 0.338 e. The smallest absolute Gasteiger partial charge is 0.338 e. The van der Waals surface area contributed by atoms with Gasteiger partial charge in [0.15, 0.2) is 0 Å². The van der Waals surface area contributed by atoms with Gasteiger partial charge in [-0.3, -0.25) is 0 Å². The van der Waals surface area contributed by atoms with Crippen molar-refractivity contribution >= 4 is 35.3 Å². The van der Waals surface area contributed by atoms with Crippen molar-refractivity contribution in [3.05, 3.63) is 112 Å². The first-order chi connectivity index (χ1) is 18.9. The molecule has 0 saturated carbocycles. The molecule has 3 aromatic carbocycles. The zero-order valence-electron chi connectivity index (χ0n) is 21.9. The van der Waals surface area contributed by atoms with Crippen molar-refractivity contribution in [1.29, 1.82) is 0 Å². The third kappa shape index (κ3) is 6.29. The van der Waals surface area contributed by atoms with Crippen LogP contribution in [0.15, 0.2) is 95.3 Å². The molecule has 0 aliphatic carbocycles. The van der Waals surface area contributed by atoms with Gasteiger partial charge in [0.25, 0.3) is 0 Å². The molecule has 0 fully saturated rings. The van der Waals surface area contributed by atoms with Gasteiger partial charge in [-0.1, -0.05) is 84.0 Å². The Balaban J connectivity index is 1.42. The van der Waals surface area contributed by atoms with E-state index in [-0.39, 0.29) is 6.10 Å². The number of nitrogens with one attached hydrogen (secondary N) is 1. The summed E-state index contributed by atoms with van der Waals surface area (Å²) in [5, 5.41) is 9.34. The Hall–Kier alpha value is -3.75. The molecule has 5 rings (SSSR count). The van der Waals surface area contributed by atoms with Crippen LogP contribution < -0.4 is 10.1 Å². The van der Waals surface area contributed by atoms with Gasteiger partial charge in [0, 0.05) is 22.0 Å². The average molecular weight is 561 g/mol. The molecule has 9 heteroatoms. The van der Waals surface area contributed by atoms with Crippen LogP contribution in [0, 0.1) is 0 Å². The molecule has 1 N–H and O–H groups in total. The molecule has 0 bridgehead atoms. The third-order valence-corrected chi connectivity index (χ3v) is 7.43. The van der Waals surface area contributed by atoms with Crippen LogP contribution in [-0.4, -0.2) is 26.8 Å². The van der Waals surface area contributed by atoms with E-state index < -0.39 is 12.0 Å². The number of benzene rings is 3. The number of rotatable bonds is 9. The van der Waals surface area contributed by atoms with E-state index in [0.29, 0.717) is 39.8 Å². The number of thioether (sulfide) groups is 1. The van der Waals surface area contributed by atoms with E-state index in [1.165, 1.54) is 5.56 Å². The number of carbonyl (C=O) groups is 1. The molecular formula is C30H29ClN4O3S. The molecule has 39 heavy (non-hydrogen) atoms. The van der Waals surface area contributed by atoms with Crippen molar-refractivity contribution < 1.29 is 14.3 Å². The molecule has 1 atom stereocenters. The van der Waals surface area contributed by atoms with Gasteiger partial charge in [0.2, 0.25) is 11.1 Å². The fraction of sp³-hybridized carbons (Fsp3) is 0.233. The number of hydrogen-bond donors (Lipinski definition) is 1. The van der Waals surface area contributed by atoms with Crippen LogP contribution in [0.3, 0.4) is 0 Å². The van der Waals surface area contributed by atoms with Crippen molar-refractivity contribution in [3.8, 4) is 5.75 Å². The molecule has 200 valence electrons. The zero-order chi connectivity index (χ0) is 27.4. The predicted octanol–water partition coefficient (Wildman–Crippen LogP) is 7.04. The van der Waals surface area contributed by atoms with E-state index >= 15 is 0 Å². The Labute approximate surface area is 237 Å². The van der Waals surface area contributed by atoms with Crippen molar-refractivity contribution in [2.45, 2.75) is 50.4 Å². The predicted molar refractivity (Wildman–Crippen MR) is 154 cm³/mol. The van der Waals surface area contributed by atoms with Crippen LogP contribution in [0.5, 0.6) is 5.75 Å². The largest absolute Gasteiger partial charge is 0.489 e. The lowest BCUT2D eigenvalue weighted by Crippen LogP contribution is -2.30. The summed E-state index contributed by atoms with van der Waals surface area (Å²) < 4.78 is 13.4.